The molecule has 6 heteroatoms. The molecule has 2 rings (SSSR count). The molecule has 0 aliphatic heterocycles. The Morgan fingerprint density at radius 2 is 2.10 bits per heavy atom. The van der Waals surface area contributed by atoms with E-state index in [1.807, 2.05) is 13.0 Å². The molecule has 1 aliphatic rings. The van der Waals surface area contributed by atoms with Crippen molar-refractivity contribution < 1.29 is 9.59 Å². The van der Waals surface area contributed by atoms with Gasteiger partial charge in [0.2, 0.25) is 11.8 Å². The molecule has 0 heterocycles. The van der Waals surface area contributed by atoms with Crippen LogP contribution in [-0.4, -0.2) is 18.4 Å². The maximum atomic E-state index is 11.9. The van der Waals surface area contributed by atoms with Crippen LogP contribution in [0.4, 0.5) is 11.4 Å². The van der Waals surface area contributed by atoms with Crippen LogP contribution in [0.15, 0.2) is 16.6 Å². The molecule has 114 valence electrons. The number of rotatable bonds is 6. The number of aryl methyl sites for hydroxylation is 1. The summed E-state index contributed by atoms with van der Waals surface area (Å²) < 4.78 is 0.876. The summed E-state index contributed by atoms with van der Waals surface area (Å²) in [5.41, 5.74) is 8.05. The number of hydrogen-bond acceptors (Lipinski definition) is 3. The molecule has 21 heavy (non-hydrogen) atoms. The maximum absolute atomic E-state index is 11.9. The molecule has 0 unspecified atom stereocenters. The average molecular weight is 354 g/mol. The molecular formula is C15H20BrN3O2. The van der Waals surface area contributed by atoms with Crippen molar-refractivity contribution in [1.29, 1.82) is 0 Å². The number of amides is 2. The first-order valence-corrected chi connectivity index (χ1v) is 7.90. The van der Waals surface area contributed by atoms with Crippen molar-refractivity contribution in [3.8, 4) is 0 Å². The number of nitrogen functional groups attached to an aromatic ring is 1. The van der Waals surface area contributed by atoms with Gasteiger partial charge in [0.1, 0.15) is 0 Å². The molecule has 4 N–H and O–H groups in total. The van der Waals surface area contributed by atoms with Gasteiger partial charge in [-0.05, 0) is 43.9 Å². The maximum Gasteiger partial charge on any atom is 0.224 e. The van der Waals surface area contributed by atoms with Crippen LogP contribution in [0.1, 0.15) is 31.2 Å². The number of benzene rings is 1. The van der Waals surface area contributed by atoms with E-state index < -0.39 is 0 Å². The second-order valence-corrected chi connectivity index (χ2v) is 6.32. The van der Waals surface area contributed by atoms with E-state index >= 15 is 0 Å². The van der Waals surface area contributed by atoms with E-state index in [2.05, 4.69) is 26.6 Å². The Morgan fingerprint density at radius 3 is 2.76 bits per heavy atom. The zero-order valence-corrected chi connectivity index (χ0v) is 13.6. The topological polar surface area (TPSA) is 84.2 Å². The third kappa shape index (κ3) is 4.74. The van der Waals surface area contributed by atoms with Crippen LogP contribution in [0.2, 0.25) is 0 Å². The lowest BCUT2D eigenvalue weighted by atomic mass is 10.1. The molecule has 1 fully saturated rings. The Bertz CT molecular complexity index is 556. The smallest absolute Gasteiger partial charge is 0.224 e. The van der Waals surface area contributed by atoms with E-state index in [0.29, 0.717) is 30.8 Å². The van der Waals surface area contributed by atoms with Crippen molar-refractivity contribution in [2.45, 2.75) is 32.6 Å². The minimum absolute atomic E-state index is 0.0973. The van der Waals surface area contributed by atoms with Gasteiger partial charge in [0.15, 0.2) is 0 Å². The van der Waals surface area contributed by atoms with E-state index in [4.69, 9.17) is 5.73 Å². The van der Waals surface area contributed by atoms with Crippen molar-refractivity contribution >= 4 is 39.1 Å². The molecule has 1 aromatic carbocycles. The van der Waals surface area contributed by atoms with E-state index in [0.717, 1.165) is 22.9 Å². The quantitative estimate of drug-likeness (QED) is 0.542. The summed E-state index contributed by atoms with van der Waals surface area (Å²) in [4.78, 5) is 23.3. The van der Waals surface area contributed by atoms with Gasteiger partial charge in [-0.2, -0.15) is 0 Å². The third-order valence-corrected chi connectivity index (χ3v) is 3.91. The van der Waals surface area contributed by atoms with Gasteiger partial charge < -0.3 is 16.4 Å². The Morgan fingerprint density at radius 1 is 1.38 bits per heavy atom. The van der Waals surface area contributed by atoms with Crippen molar-refractivity contribution in [1.82, 2.24) is 5.32 Å². The number of nitrogens with one attached hydrogen (secondary N) is 2. The van der Waals surface area contributed by atoms with Crippen molar-refractivity contribution in [2.75, 3.05) is 17.6 Å². The van der Waals surface area contributed by atoms with Gasteiger partial charge in [-0.15, -0.1) is 0 Å². The number of carbonyl (C=O) groups is 2. The highest BCUT2D eigenvalue weighted by molar-refractivity contribution is 9.10. The van der Waals surface area contributed by atoms with Crippen LogP contribution in [0.25, 0.3) is 0 Å². The first-order valence-electron chi connectivity index (χ1n) is 7.10. The second-order valence-electron chi connectivity index (χ2n) is 5.40. The van der Waals surface area contributed by atoms with Gasteiger partial charge >= 0.3 is 0 Å². The normalized spacial score (nSPS) is 13.8. The Kier molecular flexibility index (Phi) is 5.22. The largest absolute Gasteiger partial charge is 0.397 e. The lowest BCUT2D eigenvalue weighted by Gasteiger charge is -2.11. The first kappa shape index (κ1) is 15.8. The van der Waals surface area contributed by atoms with Crippen LogP contribution in [-0.2, 0) is 9.59 Å². The van der Waals surface area contributed by atoms with Crippen LogP contribution < -0.4 is 16.4 Å². The van der Waals surface area contributed by atoms with Crippen molar-refractivity contribution in [3.05, 3.63) is 22.2 Å². The van der Waals surface area contributed by atoms with Crippen LogP contribution in [0.5, 0.6) is 0 Å². The molecule has 0 spiro atoms. The molecular weight excluding hydrogens is 334 g/mol. The number of halogens is 1. The SMILES string of the molecule is Cc1cc(Br)cc(NC(=O)CCCNC(=O)C2CC2)c1N. The molecule has 2 amide bonds. The molecule has 1 aliphatic carbocycles. The minimum atomic E-state index is -0.0973. The number of nitrogens with two attached hydrogens (primary N) is 1. The van der Waals surface area contributed by atoms with Crippen LogP contribution >= 0.6 is 15.9 Å². The van der Waals surface area contributed by atoms with Gasteiger partial charge in [0, 0.05) is 23.4 Å². The van der Waals surface area contributed by atoms with Gasteiger partial charge in [-0.25, -0.2) is 0 Å². The van der Waals surface area contributed by atoms with E-state index in [1.54, 1.807) is 6.07 Å². The second kappa shape index (κ2) is 6.93. The third-order valence-electron chi connectivity index (χ3n) is 3.45. The van der Waals surface area contributed by atoms with Crippen LogP contribution in [0, 0.1) is 12.8 Å². The summed E-state index contributed by atoms with van der Waals surface area (Å²) in [6.45, 7) is 2.43. The van der Waals surface area contributed by atoms with Crippen LogP contribution in [0.3, 0.4) is 0 Å². The predicted molar refractivity (Wildman–Crippen MR) is 86.9 cm³/mol. The number of hydrogen-bond donors (Lipinski definition) is 3. The molecule has 1 aromatic rings. The van der Waals surface area contributed by atoms with Gasteiger partial charge in [0.05, 0.1) is 11.4 Å². The van der Waals surface area contributed by atoms with E-state index in [-0.39, 0.29) is 17.7 Å². The molecule has 0 bridgehead atoms. The number of anilines is 2. The van der Waals surface area contributed by atoms with Crippen molar-refractivity contribution in [2.24, 2.45) is 5.92 Å². The van der Waals surface area contributed by atoms with Gasteiger partial charge in [-0.3, -0.25) is 9.59 Å². The summed E-state index contributed by atoms with van der Waals surface area (Å²) >= 11 is 3.38. The molecule has 0 saturated heterocycles. The Hall–Kier alpha value is -1.56. The van der Waals surface area contributed by atoms with E-state index in [1.165, 1.54) is 0 Å². The number of carbonyl (C=O) groups excluding carboxylic acids is 2. The highest BCUT2D eigenvalue weighted by atomic mass is 79.9. The lowest BCUT2D eigenvalue weighted by Crippen LogP contribution is -2.26. The fraction of sp³-hybridized carbons (Fsp3) is 0.467. The van der Waals surface area contributed by atoms with E-state index in [9.17, 15) is 9.59 Å². The zero-order chi connectivity index (χ0) is 15.4. The summed E-state index contributed by atoms with van der Waals surface area (Å²) in [5, 5.41) is 5.65. The molecule has 0 radical (unpaired) electrons. The lowest BCUT2D eigenvalue weighted by molar-refractivity contribution is -0.122. The summed E-state index contributed by atoms with van der Waals surface area (Å²) in [6.07, 6.45) is 2.97. The Balaban J connectivity index is 1.75. The first-order chi connectivity index (χ1) is 9.97. The standard InChI is InChI=1S/C15H20BrN3O2/c1-9-7-11(16)8-12(14(9)17)19-13(20)3-2-6-18-15(21)10-4-5-10/h7-8,10H,2-6,17H2,1H3,(H,18,21)(H,19,20). The highest BCUT2D eigenvalue weighted by Gasteiger charge is 2.28. The fourth-order valence-corrected chi connectivity index (χ4v) is 2.59. The summed E-state index contributed by atoms with van der Waals surface area (Å²) in [7, 11) is 0. The fourth-order valence-electron chi connectivity index (χ4n) is 2.02. The average Bonchev–Trinajstić information content (AvgIpc) is 3.24. The highest BCUT2D eigenvalue weighted by Crippen LogP contribution is 2.29. The van der Waals surface area contributed by atoms with Crippen molar-refractivity contribution in [3.63, 3.8) is 0 Å². The minimum Gasteiger partial charge on any atom is -0.397 e. The molecule has 1 saturated carbocycles. The molecule has 5 nitrogen and oxygen atoms in total. The van der Waals surface area contributed by atoms with Gasteiger partial charge in [0.25, 0.3) is 0 Å². The summed E-state index contributed by atoms with van der Waals surface area (Å²) in [6, 6.07) is 3.69. The molecule has 0 atom stereocenters. The van der Waals surface area contributed by atoms with Gasteiger partial charge in [-0.1, -0.05) is 15.9 Å². The zero-order valence-electron chi connectivity index (χ0n) is 12.0. The Labute approximate surface area is 132 Å². The predicted octanol–water partition coefficient (Wildman–Crippen LogP) is 2.58. The summed E-state index contributed by atoms with van der Waals surface area (Å²) in [5.74, 6) is 0.227. The monoisotopic (exact) mass is 353 g/mol. The molecule has 0 aromatic heterocycles.